The maximum absolute atomic E-state index is 13.7. The summed E-state index contributed by atoms with van der Waals surface area (Å²) in [5, 5.41) is 5.34. The largest absolute Gasteiger partial charge is 0.496 e. The standard InChI is InChI=1S/C22H27FN2O4/c1-22(2,3)29-21(27)24-14-15-9-5-6-10-16(15)20(26)25-18(13-23)17-11-7-8-12-19(17)28-4/h5-12,18H,13-14H2,1-4H3,(H,24,27)(H,25,26). The average Bonchev–Trinajstić information content (AvgIpc) is 2.69. The average molecular weight is 402 g/mol. The predicted molar refractivity (Wildman–Crippen MR) is 109 cm³/mol. The molecule has 0 radical (unpaired) electrons. The molecule has 2 rings (SSSR count). The monoisotopic (exact) mass is 402 g/mol. The maximum atomic E-state index is 13.7. The molecule has 0 aliphatic rings. The van der Waals surface area contributed by atoms with E-state index in [1.807, 2.05) is 0 Å². The van der Waals surface area contributed by atoms with Gasteiger partial charge in [-0.05, 0) is 38.5 Å². The Balaban J connectivity index is 2.13. The first kappa shape index (κ1) is 22.2. The Morgan fingerprint density at radius 1 is 1.07 bits per heavy atom. The molecule has 2 N–H and O–H groups in total. The van der Waals surface area contributed by atoms with Crippen molar-refractivity contribution in [3.8, 4) is 5.75 Å². The second kappa shape index (κ2) is 9.91. The third-order valence-corrected chi connectivity index (χ3v) is 4.06. The van der Waals surface area contributed by atoms with E-state index in [1.165, 1.54) is 7.11 Å². The van der Waals surface area contributed by atoms with Gasteiger partial charge < -0.3 is 20.1 Å². The van der Waals surface area contributed by atoms with Gasteiger partial charge in [-0.15, -0.1) is 0 Å². The lowest BCUT2D eigenvalue weighted by molar-refractivity contribution is 0.0522. The number of alkyl carbamates (subject to hydrolysis) is 1. The van der Waals surface area contributed by atoms with Crippen LogP contribution in [0.3, 0.4) is 0 Å². The molecular formula is C22H27FN2O4. The van der Waals surface area contributed by atoms with Gasteiger partial charge in [-0.1, -0.05) is 36.4 Å². The second-order valence-electron chi connectivity index (χ2n) is 7.43. The zero-order valence-electron chi connectivity index (χ0n) is 17.1. The van der Waals surface area contributed by atoms with Crippen LogP contribution in [0.15, 0.2) is 48.5 Å². The van der Waals surface area contributed by atoms with E-state index >= 15 is 0 Å². The minimum absolute atomic E-state index is 0.105. The van der Waals surface area contributed by atoms with Crippen molar-refractivity contribution >= 4 is 12.0 Å². The van der Waals surface area contributed by atoms with Gasteiger partial charge in [-0.3, -0.25) is 4.79 Å². The number of amides is 2. The number of methoxy groups -OCH3 is 1. The van der Waals surface area contributed by atoms with E-state index in [-0.39, 0.29) is 6.54 Å². The molecule has 156 valence electrons. The van der Waals surface area contributed by atoms with Crippen molar-refractivity contribution in [1.29, 1.82) is 0 Å². The van der Waals surface area contributed by atoms with Crippen LogP contribution in [0.5, 0.6) is 5.75 Å². The molecule has 7 heteroatoms. The number of carbonyl (C=O) groups is 2. The SMILES string of the molecule is COc1ccccc1C(CF)NC(=O)c1ccccc1CNC(=O)OC(C)(C)C. The van der Waals surface area contributed by atoms with Crippen molar-refractivity contribution in [2.24, 2.45) is 0 Å². The van der Waals surface area contributed by atoms with Crippen molar-refractivity contribution in [1.82, 2.24) is 10.6 Å². The Kier molecular flexibility index (Phi) is 7.59. The molecule has 1 atom stereocenters. The summed E-state index contributed by atoms with van der Waals surface area (Å²) in [6, 6.07) is 12.9. The molecule has 1 unspecified atom stereocenters. The van der Waals surface area contributed by atoms with Crippen molar-refractivity contribution in [2.45, 2.75) is 39.0 Å². The van der Waals surface area contributed by atoms with Crippen LogP contribution in [0.1, 0.15) is 48.3 Å². The van der Waals surface area contributed by atoms with Gasteiger partial charge >= 0.3 is 6.09 Å². The zero-order valence-corrected chi connectivity index (χ0v) is 17.1. The molecule has 6 nitrogen and oxygen atoms in total. The quantitative estimate of drug-likeness (QED) is 0.729. The summed E-state index contributed by atoms with van der Waals surface area (Å²) in [4.78, 5) is 24.7. The van der Waals surface area contributed by atoms with Crippen LogP contribution in [-0.4, -0.2) is 31.4 Å². The van der Waals surface area contributed by atoms with Crippen LogP contribution in [0.25, 0.3) is 0 Å². The van der Waals surface area contributed by atoms with Crippen LogP contribution in [0, 0.1) is 0 Å². The van der Waals surface area contributed by atoms with Crippen LogP contribution >= 0.6 is 0 Å². The van der Waals surface area contributed by atoms with E-state index in [0.717, 1.165) is 0 Å². The number of ether oxygens (including phenoxy) is 2. The fourth-order valence-electron chi connectivity index (χ4n) is 2.77. The number of carbonyl (C=O) groups excluding carboxylic acids is 2. The molecule has 0 spiro atoms. The molecule has 2 aromatic rings. The third-order valence-electron chi connectivity index (χ3n) is 4.06. The number of alkyl halides is 1. The van der Waals surface area contributed by atoms with Crippen molar-refractivity contribution in [2.75, 3.05) is 13.8 Å². The second-order valence-corrected chi connectivity index (χ2v) is 7.43. The topological polar surface area (TPSA) is 76.7 Å². The first-order valence-electron chi connectivity index (χ1n) is 9.29. The van der Waals surface area contributed by atoms with E-state index in [1.54, 1.807) is 69.3 Å². The molecule has 0 heterocycles. The summed E-state index contributed by atoms with van der Waals surface area (Å²) in [5.74, 6) is 0.0514. The summed E-state index contributed by atoms with van der Waals surface area (Å²) in [6.07, 6.45) is -0.580. The molecule has 0 saturated carbocycles. The number of nitrogens with one attached hydrogen (secondary N) is 2. The molecule has 0 aliphatic heterocycles. The zero-order chi connectivity index (χ0) is 21.4. The summed E-state index contributed by atoms with van der Waals surface area (Å²) >= 11 is 0. The molecule has 2 amide bonds. The number of hydrogen-bond acceptors (Lipinski definition) is 4. The molecule has 0 saturated heterocycles. The van der Waals surface area contributed by atoms with E-state index < -0.39 is 30.3 Å². The van der Waals surface area contributed by atoms with Crippen LogP contribution in [0.4, 0.5) is 9.18 Å². The molecule has 0 aromatic heterocycles. The normalized spacial score (nSPS) is 12.0. The third kappa shape index (κ3) is 6.48. The van der Waals surface area contributed by atoms with E-state index in [2.05, 4.69) is 10.6 Å². The van der Waals surface area contributed by atoms with Crippen molar-refractivity contribution < 1.29 is 23.5 Å². The first-order valence-corrected chi connectivity index (χ1v) is 9.29. The highest BCUT2D eigenvalue weighted by Gasteiger charge is 2.21. The van der Waals surface area contributed by atoms with Gasteiger partial charge in [0, 0.05) is 17.7 Å². The number of halogens is 1. The molecule has 0 aliphatic carbocycles. The Morgan fingerprint density at radius 2 is 1.72 bits per heavy atom. The smallest absolute Gasteiger partial charge is 0.407 e. The Morgan fingerprint density at radius 3 is 2.38 bits per heavy atom. The lowest BCUT2D eigenvalue weighted by atomic mass is 10.0. The van der Waals surface area contributed by atoms with Gasteiger partial charge in [0.25, 0.3) is 5.91 Å². The highest BCUT2D eigenvalue weighted by Crippen LogP contribution is 2.25. The summed E-state index contributed by atoms with van der Waals surface area (Å²) < 4.78 is 24.2. The van der Waals surface area contributed by atoms with E-state index in [9.17, 15) is 14.0 Å². The lowest BCUT2D eigenvalue weighted by Gasteiger charge is -2.21. The number of rotatable bonds is 7. The Hall–Kier alpha value is -3.09. The van der Waals surface area contributed by atoms with Gasteiger partial charge in [-0.2, -0.15) is 0 Å². The minimum Gasteiger partial charge on any atom is -0.496 e. The Bertz CT molecular complexity index is 849. The molecule has 29 heavy (non-hydrogen) atoms. The lowest BCUT2D eigenvalue weighted by Crippen LogP contribution is -2.34. The predicted octanol–water partition coefficient (Wildman–Crippen LogP) is 4.16. The van der Waals surface area contributed by atoms with Crippen molar-refractivity contribution in [3.05, 3.63) is 65.2 Å². The van der Waals surface area contributed by atoms with Crippen LogP contribution in [0.2, 0.25) is 0 Å². The summed E-state index contributed by atoms with van der Waals surface area (Å²) in [6.45, 7) is 4.62. The fourth-order valence-corrected chi connectivity index (χ4v) is 2.77. The maximum Gasteiger partial charge on any atom is 0.407 e. The number of hydrogen-bond donors (Lipinski definition) is 2. The summed E-state index contributed by atoms with van der Waals surface area (Å²) in [7, 11) is 1.49. The fraction of sp³-hybridized carbons (Fsp3) is 0.364. The molecule has 2 aromatic carbocycles. The number of benzene rings is 2. The van der Waals surface area contributed by atoms with Gasteiger partial charge in [0.05, 0.1) is 13.2 Å². The van der Waals surface area contributed by atoms with Gasteiger partial charge in [0.2, 0.25) is 0 Å². The highest BCUT2D eigenvalue weighted by atomic mass is 19.1. The Labute approximate surface area is 170 Å². The molecule has 0 bridgehead atoms. The van der Waals surface area contributed by atoms with Gasteiger partial charge in [0.15, 0.2) is 0 Å². The van der Waals surface area contributed by atoms with Crippen LogP contribution in [-0.2, 0) is 11.3 Å². The first-order chi connectivity index (χ1) is 13.7. The van der Waals surface area contributed by atoms with Gasteiger partial charge in [-0.25, -0.2) is 9.18 Å². The molecular weight excluding hydrogens is 375 g/mol. The van der Waals surface area contributed by atoms with E-state index in [4.69, 9.17) is 9.47 Å². The van der Waals surface area contributed by atoms with Gasteiger partial charge in [0.1, 0.15) is 18.0 Å². The number of para-hydroxylation sites is 1. The minimum atomic E-state index is -0.856. The van der Waals surface area contributed by atoms with Crippen molar-refractivity contribution in [3.63, 3.8) is 0 Å². The summed E-state index contributed by atoms with van der Waals surface area (Å²) in [5.41, 5.74) is 0.866. The molecule has 0 fully saturated rings. The van der Waals surface area contributed by atoms with Crippen LogP contribution < -0.4 is 15.4 Å². The highest BCUT2D eigenvalue weighted by molar-refractivity contribution is 5.96. The van der Waals surface area contributed by atoms with E-state index in [0.29, 0.717) is 22.4 Å².